The number of carbonyl (C=O) groups excluding carboxylic acids is 1. The number of carbonyl (C=O) groups is 1. The van der Waals surface area contributed by atoms with Gasteiger partial charge in [0.2, 0.25) is 0 Å². The van der Waals surface area contributed by atoms with Crippen molar-refractivity contribution in [2.75, 3.05) is 0 Å². The van der Waals surface area contributed by atoms with E-state index in [0.717, 1.165) is 10.4 Å². The predicted octanol–water partition coefficient (Wildman–Crippen LogP) is 2.63. The van der Waals surface area contributed by atoms with Gasteiger partial charge in [-0.25, -0.2) is 0 Å². The zero-order valence-electron chi connectivity index (χ0n) is 7.13. The normalized spacial score (nSPS) is 9.50. The van der Waals surface area contributed by atoms with Gasteiger partial charge in [-0.05, 0) is 19.4 Å². The average Bonchev–Trinajstić information content (AvgIpc) is 2.04. The highest BCUT2D eigenvalue weighted by atomic mass is 32.1. The van der Waals surface area contributed by atoms with Crippen LogP contribution < -0.4 is 0 Å². The summed E-state index contributed by atoms with van der Waals surface area (Å²) in [6.45, 7) is 3.38. The van der Waals surface area contributed by atoms with Crippen LogP contribution in [0.5, 0.6) is 0 Å². The Labute approximate surface area is 77.4 Å². The molecule has 0 atom stereocenters. The van der Waals surface area contributed by atoms with Gasteiger partial charge in [0.25, 0.3) is 0 Å². The Morgan fingerprint density at radius 2 is 1.67 bits per heavy atom. The van der Waals surface area contributed by atoms with Crippen LogP contribution in [-0.4, -0.2) is 10.6 Å². The summed E-state index contributed by atoms with van der Waals surface area (Å²) in [4.78, 5) is 11.9. The summed E-state index contributed by atoms with van der Waals surface area (Å²) in [5.41, 5.74) is 1.59. The Morgan fingerprint density at radius 3 is 2.00 bits per heavy atom. The summed E-state index contributed by atoms with van der Waals surface area (Å²) in [5, 5.41) is 0. The van der Waals surface area contributed by atoms with Crippen molar-refractivity contribution in [3.05, 3.63) is 35.4 Å². The van der Waals surface area contributed by atoms with E-state index in [-0.39, 0.29) is 5.78 Å². The van der Waals surface area contributed by atoms with E-state index in [0.29, 0.717) is 5.56 Å². The molecule has 0 unspecified atom stereocenters. The van der Waals surface area contributed by atoms with Gasteiger partial charge in [0, 0.05) is 10.4 Å². The molecule has 1 nitrogen and oxygen atoms in total. The number of ketones is 1. The second-order valence-electron chi connectivity index (χ2n) is 2.66. The van der Waals surface area contributed by atoms with E-state index >= 15 is 0 Å². The monoisotopic (exact) mass is 178 g/mol. The molecule has 0 amide bonds. The van der Waals surface area contributed by atoms with Crippen LogP contribution in [0, 0.1) is 0 Å². The molecule has 0 saturated heterocycles. The molecule has 0 aliphatic rings. The molecular weight excluding hydrogens is 168 g/mol. The first-order valence-corrected chi connectivity index (χ1v) is 4.14. The number of thiocarbonyl (C=S) groups is 1. The highest BCUT2D eigenvalue weighted by molar-refractivity contribution is 7.80. The summed E-state index contributed by atoms with van der Waals surface area (Å²) in [6, 6.07) is 7.41. The quantitative estimate of drug-likeness (QED) is 0.511. The molecule has 0 aliphatic heterocycles. The zero-order valence-corrected chi connectivity index (χ0v) is 7.94. The van der Waals surface area contributed by atoms with Gasteiger partial charge in [-0.15, -0.1) is 0 Å². The van der Waals surface area contributed by atoms with Crippen molar-refractivity contribution >= 4 is 22.9 Å². The molecular formula is C10H10OS. The molecule has 1 rings (SSSR count). The summed E-state index contributed by atoms with van der Waals surface area (Å²) < 4.78 is 0. The van der Waals surface area contributed by atoms with Crippen molar-refractivity contribution < 1.29 is 4.79 Å². The molecule has 0 saturated carbocycles. The Kier molecular flexibility index (Phi) is 2.71. The first-order valence-electron chi connectivity index (χ1n) is 3.74. The first kappa shape index (κ1) is 9.07. The van der Waals surface area contributed by atoms with E-state index in [4.69, 9.17) is 12.2 Å². The van der Waals surface area contributed by atoms with Crippen LogP contribution in [0.1, 0.15) is 29.8 Å². The van der Waals surface area contributed by atoms with Gasteiger partial charge in [-0.1, -0.05) is 36.5 Å². The molecule has 0 heterocycles. The Bertz CT molecular complexity index is 295. The maximum Gasteiger partial charge on any atom is 0.160 e. The second kappa shape index (κ2) is 3.59. The highest BCUT2D eigenvalue weighted by Gasteiger charge is 2.06. The van der Waals surface area contributed by atoms with Crippen molar-refractivity contribution in [1.29, 1.82) is 0 Å². The van der Waals surface area contributed by atoms with Gasteiger partial charge >= 0.3 is 0 Å². The number of hydrogen-bond acceptors (Lipinski definition) is 2. The molecule has 0 spiro atoms. The van der Waals surface area contributed by atoms with Crippen LogP contribution in [0.25, 0.3) is 0 Å². The third-order valence-corrected chi connectivity index (χ3v) is 1.91. The SMILES string of the molecule is CC(=O)c1ccccc1C(C)=S. The van der Waals surface area contributed by atoms with Crippen molar-refractivity contribution in [1.82, 2.24) is 0 Å². The van der Waals surface area contributed by atoms with Crippen molar-refractivity contribution in [2.45, 2.75) is 13.8 Å². The van der Waals surface area contributed by atoms with Crippen LogP contribution in [0.15, 0.2) is 24.3 Å². The molecule has 2 heteroatoms. The summed E-state index contributed by atoms with van der Waals surface area (Å²) in [7, 11) is 0. The molecule has 0 N–H and O–H groups in total. The van der Waals surface area contributed by atoms with Crippen molar-refractivity contribution in [3.8, 4) is 0 Å². The topological polar surface area (TPSA) is 17.1 Å². The Morgan fingerprint density at radius 1 is 1.17 bits per heavy atom. The van der Waals surface area contributed by atoms with Gasteiger partial charge in [0.1, 0.15) is 0 Å². The number of rotatable bonds is 2. The smallest absolute Gasteiger partial charge is 0.160 e. The van der Waals surface area contributed by atoms with E-state index in [1.54, 1.807) is 13.0 Å². The first-order chi connectivity index (χ1) is 5.63. The van der Waals surface area contributed by atoms with Crippen molar-refractivity contribution in [2.24, 2.45) is 0 Å². The zero-order chi connectivity index (χ0) is 9.14. The van der Waals surface area contributed by atoms with Gasteiger partial charge < -0.3 is 0 Å². The molecule has 1 aromatic carbocycles. The standard InChI is InChI=1S/C10H10OS/c1-7(11)9-5-3-4-6-10(9)8(2)12/h3-6H,1-2H3. The van der Waals surface area contributed by atoms with E-state index in [2.05, 4.69) is 0 Å². The third-order valence-electron chi connectivity index (χ3n) is 1.69. The summed E-state index contributed by atoms with van der Waals surface area (Å²) >= 11 is 5.02. The van der Waals surface area contributed by atoms with E-state index in [1.807, 2.05) is 25.1 Å². The molecule has 1 aromatic rings. The highest BCUT2D eigenvalue weighted by Crippen LogP contribution is 2.10. The van der Waals surface area contributed by atoms with E-state index in [1.165, 1.54) is 0 Å². The van der Waals surface area contributed by atoms with E-state index in [9.17, 15) is 4.79 Å². The third kappa shape index (κ3) is 1.77. The van der Waals surface area contributed by atoms with Crippen molar-refractivity contribution in [3.63, 3.8) is 0 Å². The van der Waals surface area contributed by atoms with Gasteiger partial charge in [-0.2, -0.15) is 0 Å². The predicted molar refractivity (Wildman–Crippen MR) is 53.8 cm³/mol. The summed E-state index contributed by atoms with van der Waals surface area (Å²) in [5.74, 6) is 0.0646. The van der Waals surface area contributed by atoms with Crippen LogP contribution >= 0.6 is 12.2 Å². The fourth-order valence-electron chi connectivity index (χ4n) is 1.10. The molecule has 12 heavy (non-hydrogen) atoms. The molecule has 0 fully saturated rings. The molecule has 0 radical (unpaired) electrons. The molecule has 0 aromatic heterocycles. The lowest BCUT2D eigenvalue weighted by Crippen LogP contribution is -2.02. The molecule has 0 aliphatic carbocycles. The maximum absolute atomic E-state index is 11.1. The largest absolute Gasteiger partial charge is 0.294 e. The fourth-order valence-corrected chi connectivity index (χ4v) is 1.28. The van der Waals surface area contributed by atoms with Crippen LogP contribution in [0.3, 0.4) is 0 Å². The number of hydrogen-bond donors (Lipinski definition) is 0. The minimum atomic E-state index is 0.0646. The fraction of sp³-hybridized carbons (Fsp3) is 0.200. The Balaban J connectivity index is 3.27. The van der Waals surface area contributed by atoms with Gasteiger partial charge in [0.05, 0.1) is 0 Å². The minimum Gasteiger partial charge on any atom is -0.294 e. The van der Waals surface area contributed by atoms with Gasteiger partial charge in [0.15, 0.2) is 5.78 Å². The van der Waals surface area contributed by atoms with Crippen LogP contribution in [0.2, 0.25) is 0 Å². The maximum atomic E-state index is 11.1. The van der Waals surface area contributed by atoms with Gasteiger partial charge in [-0.3, -0.25) is 4.79 Å². The lowest BCUT2D eigenvalue weighted by molar-refractivity contribution is 0.101. The average molecular weight is 178 g/mol. The lowest BCUT2D eigenvalue weighted by Gasteiger charge is -2.03. The minimum absolute atomic E-state index is 0.0646. The summed E-state index contributed by atoms with van der Waals surface area (Å²) in [6.07, 6.45) is 0. The second-order valence-corrected chi connectivity index (χ2v) is 3.27. The lowest BCUT2D eigenvalue weighted by atomic mass is 10.0. The van der Waals surface area contributed by atoms with Crippen LogP contribution in [0.4, 0.5) is 0 Å². The number of benzene rings is 1. The molecule has 0 bridgehead atoms. The molecule has 62 valence electrons. The van der Waals surface area contributed by atoms with E-state index < -0.39 is 0 Å². The Hall–Kier alpha value is -1.02. The van der Waals surface area contributed by atoms with Crippen LogP contribution in [-0.2, 0) is 0 Å². The number of Topliss-reactive ketones (excluding diaryl/α,β-unsaturated/α-hetero) is 1.